The number of aliphatic hydroxyl groups is 1. The van der Waals surface area contributed by atoms with Crippen molar-refractivity contribution in [3.63, 3.8) is 0 Å². The number of rotatable bonds is 5. The third-order valence-electron chi connectivity index (χ3n) is 3.14. The summed E-state index contributed by atoms with van der Waals surface area (Å²) in [6.07, 6.45) is -0.536. The Morgan fingerprint density at radius 2 is 1.95 bits per heavy atom. The van der Waals surface area contributed by atoms with Gasteiger partial charge < -0.3 is 9.84 Å². The van der Waals surface area contributed by atoms with Crippen LogP contribution in [-0.4, -0.2) is 12.2 Å². The molecule has 0 fully saturated rings. The Kier molecular flexibility index (Phi) is 5.10. The molecule has 0 radical (unpaired) electrons. The average molecular weight is 288 g/mol. The predicted molar refractivity (Wildman–Crippen MR) is 84.4 cm³/mol. The molecule has 106 valence electrons. The molecule has 0 aliphatic heterocycles. The van der Waals surface area contributed by atoms with E-state index in [2.05, 4.69) is 31.2 Å². The molecule has 0 bridgehead atoms. The topological polar surface area (TPSA) is 29.5 Å². The van der Waals surface area contributed by atoms with Gasteiger partial charge in [-0.3, -0.25) is 0 Å². The van der Waals surface area contributed by atoms with E-state index in [0.717, 1.165) is 22.0 Å². The van der Waals surface area contributed by atoms with Gasteiger partial charge >= 0.3 is 0 Å². The van der Waals surface area contributed by atoms with Crippen LogP contribution in [0.1, 0.15) is 29.7 Å². The van der Waals surface area contributed by atoms with Crippen LogP contribution in [0.4, 0.5) is 0 Å². The van der Waals surface area contributed by atoms with E-state index in [0.29, 0.717) is 0 Å². The van der Waals surface area contributed by atoms with Gasteiger partial charge in [-0.05, 0) is 31.5 Å². The van der Waals surface area contributed by atoms with Crippen LogP contribution >= 0.6 is 11.8 Å². The van der Waals surface area contributed by atoms with Crippen LogP contribution in [0.2, 0.25) is 0 Å². The zero-order valence-electron chi connectivity index (χ0n) is 12.1. The van der Waals surface area contributed by atoms with Gasteiger partial charge in [0.05, 0.1) is 13.2 Å². The number of thioether (sulfide) groups is 1. The highest BCUT2D eigenvalue weighted by molar-refractivity contribution is 7.98. The van der Waals surface area contributed by atoms with Gasteiger partial charge in [0.15, 0.2) is 0 Å². The average Bonchev–Trinajstić information content (AvgIpc) is 2.44. The largest absolute Gasteiger partial charge is 0.496 e. The van der Waals surface area contributed by atoms with E-state index in [9.17, 15) is 5.11 Å². The summed E-state index contributed by atoms with van der Waals surface area (Å²) in [7, 11) is 1.64. The summed E-state index contributed by atoms with van der Waals surface area (Å²) in [6.45, 7) is 3.87. The van der Waals surface area contributed by atoms with Crippen molar-refractivity contribution in [1.82, 2.24) is 0 Å². The van der Waals surface area contributed by atoms with Crippen LogP contribution < -0.4 is 4.74 Å². The van der Waals surface area contributed by atoms with Crippen LogP contribution in [0.5, 0.6) is 5.75 Å². The summed E-state index contributed by atoms with van der Waals surface area (Å²) in [5.74, 6) is 1.63. The lowest BCUT2D eigenvalue weighted by Crippen LogP contribution is -1.99. The Balaban J connectivity index is 2.21. The summed E-state index contributed by atoms with van der Waals surface area (Å²) in [5.41, 5.74) is 3.42. The van der Waals surface area contributed by atoms with Gasteiger partial charge in [-0.15, -0.1) is 11.8 Å². The molecule has 2 aromatic rings. The van der Waals surface area contributed by atoms with Gasteiger partial charge in [-0.1, -0.05) is 35.9 Å². The van der Waals surface area contributed by atoms with Gasteiger partial charge in [0.25, 0.3) is 0 Å². The van der Waals surface area contributed by atoms with Crippen molar-refractivity contribution in [2.24, 2.45) is 0 Å². The SMILES string of the molecule is COc1cccc(SCc2cccc(C)c2)c1[C@H](C)O. The summed E-state index contributed by atoms with van der Waals surface area (Å²) >= 11 is 1.73. The van der Waals surface area contributed by atoms with Crippen molar-refractivity contribution in [2.75, 3.05) is 7.11 Å². The van der Waals surface area contributed by atoms with E-state index in [1.807, 2.05) is 18.2 Å². The zero-order chi connectivity index (χ0) is 14.5. The number of methoxy groups -OCH3 is 1. The quantitative estimate of drug-likeness (QED) is 0.829. The number of benzene rings is 2. The molecular weight excluding hydrogens is 268 g/mol. The Hall–Kier alpha value is -1.45. The Bertz CT molecular complexity index is 579. The Morgan fingerprint density at radius 3 is 2.60 bits per heavy atom. The highest BCUT2D eigenvalue weighted by Crippen LogP contribution is 2.36. The maximum Gasteiger partial charge on any atom is 0.125 e. The highest BCUT2D eigenvalue weighted by Gasteiger charge is 2.14. The first-order valence-corrected chi connectivity index (χ1v) is 7.63. The predicted octanol–water partition coefficient (Wildman–Crippen LogP) is 4.35. The van der Waals surface area contributed by atoms with E-state index in [1.165, 1.54) is 11.1 Å². The molecule has 20 heavy (non-hydrogen) atoms. The van der Waals surface area contributed by atoms with Crippen LogP contribution in [0.25, 0.3) is 0 Å². The minimum absolute atomic E-state index is 0.536. The molecule has 0 heterocycles. The first-order valence-electron chi connectivity index (χ1n) is 6.65. The molecule has 2 nitrogen and oxygen atoms in total. The number of aryl methyl sites for hydroxylation is 1. The molecule has 0 aliphatic rings. The fourth-order valence-corrected chi connectivity index (χ4v) is 3.31. The molecule has 1 atom stereocenters. The van der Waals surface area contributed by atoms with Gasteiger partial charge in [0, 0.05) is 16.2 Å². The van der Waals surface area contributed by atoms with E-state index in [4.69, 9.17) is 4.74 Å². The molecule has 0 saturated heterocycles. The van der Waals surface area contributed by atoms with Crippen molar-refractivity contribution < 1.29 is 9.84 Å². The van der Waals surface area contributed by atoms with Crippen LogP contribution in [0, 0.1) is 6.92 Å². The minimum atomic E-state index is -0.536. The lowest BCUT2D eigenvalue weighted by atomic mass is 10.1. The van der Waals surface area contributed by atoms with Crippen molar-refractivity contribution in [3.05, 3.63) is 59.2 Å². The number of hydrogen-bond acceptors (Lipinski definition) is 3. The van der Waals surface area contributed by atoms with Crippen molar-refractivity contribution in [1.29, 1.82) is 0 Å². The number of hydrogen-bond donors (Lipinski definition) is 1. The molecular formula is C17H20O2S. The van der Waals surface area contributed by atoms with Crippen LogP contribution in [-0.2, 0) is 5.75 Å². The second-order valence-electron chi connectivity index (χ2n) is 4.83. The lowest BCUT2D eigenvalue weighted by Gasteiger charge is -2.15. The maximum absolute atomic E-state index is 9.96. The summed E-state index contributed by atoms with van der Waals surface area (Å²) in [5, 5.41) is 9.96. The highest BCUT2D eigenvalue weighted by atomic mass is 32.2. The molecule has 0 spiro atoms. The molecule has 0 unspecified atom stereocenters. The molecule has 1 N–H and O–H groups in total. The first-order chi connectivity index (χ1) is 9.61. The maximum atomic E-state index is 9.96. The van der Waals surface area contributed by atoms with Crippen molar-refractivity contribution in [3.8, 4) is 5.75 Å². The third kappa shape index (κ3) is 3.56. The van der Waals surface area contributed by atoms with Gasteiger partial charge in [-0.2, -0.15) is 0 Å². The molecule has 0 aromatic heterocycles. The number of ether oxygens (including phenoxy) is 1. The summed E-state index contributed by atoms with van der Waals surface area (Å²) in [4.78, 5) is 1.07. The standard InChI is InChI=1S/C17H20O2S/c1-12-6-4-7-14(10-12)11-20-16-9-5-8-15(19-3)17(16)13(2)18/h4-10,13,18H,11H2,1-3H3/t13-/m0/s1. The molecule has 0 amide bonds. The van der Waals surface area contributed by atoms with E-state index in [-0.39, 0.29) is 0 Å². The smallest absolute Gasteiger partial charge is 0.125 e. The second kappa shape index (κ2) is 6.82. The van der Waals surface area contributed by atoms with Gasteiger partial charge in [-0.25, -0.2) is 0 Å². The zero-order valence-corrected chi connectivity index (χ0v) is 12.9. The van der Waals surface area contributed by atoms with Crippen LogP contribution in [0.3, 0.4) is 0 Å². The van der Waals surface area contributed by atoms with Crippen molar-refractivity contribution in [2.45, 2.75) is 30.6 Å². The molecule has 0 aliphatic carbocycles. The van der Waals surface area contributed by atoms with E-state index >= 15 is 0 Å². The minimum Gasteiger partial charge on any atom is -0.496 e. The molecule has 0 saturated carbocycles. The van der Waals surface area contributed by atoms with E-state index < -0.39 is 6.10 Å². The molecule has 2 aromatic carbocycles. The normalized spacial score (nSPS) is 12.2. The molecule has 3 heteroatoms. The Morgan fingerprint density at radius 1 is 1.20 bits per heavy atom. The first kappa shape index (κ1) is 14.9. The fourth-order valence-electron chi connectivity index (χ4n) is 2.20. The third-order valence-corrected chi connectivity index (χ3v) is 4.29. The summed E-state index contributed by atoms with van der Waals surface area (Å²) < 4.78 is 5.35. The summed E-state index contributed by atoms with van der Waals surface area (Å²) in [6, 6.07) is 14.4. The van der Waals surface area contributed by atoms with E-state index in [1.54, 1.807) is 25.8 Å². The van der Waals surface area contributed by atoms with Crippen molar-refractivity contribution >= 4 is 11.8 Å². The lowest BCUT2D eigenvalue weighted by molar-refractivity contribution is 0.191. The number of aliphatic hydroxyl groups excluding tert-OH is 1. The molecule has 2 rings (SSSR count). The fraction of sp³-hybridized carbons (Fsp3) is 0.294. The van der Waals surface area contributed by atoms with Crippen LogP contribution in [0.15, 0.2) is 47.4 Å². The van der Waals surface area contributed by atoms with Gasteiger partial charge in [0.1, 0.15) is 5.75 Å². The monoisotopic (exact) mass is 288 g/mol. The second-order valence-corrected chi connectivity index (χ2v) is 5.84. The van der Waals surface area contributed by atoms with Gasteiger partial charge in [0.2, 0.25) is 0 Å². The Labute approximate surface area is 124 Å².